The molecular weight excluding hydrogens is 400 g/mol. The van der Waals surface area contributed by atoms with Crippen molar-refractivity contribution in [1.82, 2.24) is 10.6 Å². The van der Waals surface area contributed by atoms with Crippen molar-refractivity contribution in [3.05, 3.63) is 53.6 Å². The van der Waals surface area contributed by atoms with Gasteiger partial charge in [0.2, 0.25) is 0 Å². The van der Waals surface area contributed by atoms with Gasteiger partial charge in [0.1, 0.15) is 0 Å². The van der Waals surface area contributed by atoms with Crippen LogP contribution in [0.1, 0.15) is 36.2 Å². The van der Waals surface area contributed by atoms with E-state index in [0.29, 0.717) is 11.3 Å². The Morgan fingerprint density at radius 2 is 1.80 bits per heavy atom. The van der Waals surface area contributed by atoms with Gasteiger partial charge in [0.15, 0.2) is 0 Å². The minimum Gasteiger partial charge on any atom is -0.367 e. The Kier molecular flexibility index (Phi) is 6.99. The van der Waals surface area contributed by atoms with Crippen molar-refractivity contribution in [3.63, 3.8) is 0 Å². The Morgan fingerprint density at radius 3 is 2.43 bits per heavy atom. The Bertz CT molecular complexity index is 984. The molecule has 1 aliphatic heterocycles. The fourth-order valence-electron chi connectivity index (χ4n) is 3.27. The predicted molar refractivity (Wildman–Crippen MR) is 121 cm³/mol. The molecule has 0 radical (unpaired) electrons. The maximum absolute atomic E-state index is 13.0. The van der Waals surface area contributed by atoms with E-state index in [1.807, 2.05) is 26.8 Å². The van der Waals surface area contributed by atoms with E-state index in [1.54, 1.807) is 36.4 Å². The van der Waals surface area contributed by atoms with Crippen LogP contribution in [0.5, 0.6) is 0 Å². The monoisotopic (exact) mass is 430 g/mol. The van der Waals surface area contributed by atoms with E-state index in [4.69, 9.17) is 0 Å². The molecule has 2 aromatic rings. The van der Waals surface area contributed by atoms with Crippen LogP contribution in [0.25, 0.3) is 0 Å². The summed E-state index contributed by atoms with van der Waals surface area (Å²) < 4.78 is 28.7. The molecule has 30 heavy (non-hydrogen) atoms. The van der Waals surface area contributed by atoms with Crippen molar-refractivity contribution in [2.24, 2.45) is 0 Å². The Morgan fingerprint density at radius 1 is 1.13 bits per heavy atom. The summed E-state index contributed by atoms with van der Waals surface area (Å²) in [5.41, 5.74) is 2.59. The molecule has 8 heteroatoms. The second-order valence-electron chi connectivity index (χ2n) is 7.67. The van der Waals surface area contributed by atoms with Crippen LogP contribution in [0, 0.1) is 6.92 Å². The third-order valence-corrected chi connectivity index (χ3v) is 6.66. The highest BCUT2D eigenvalue weighted by molar-refractivity contribution is 7.92. The number of nitrogens with one attached hydrogen (secondary N) is 3. The highest BCUT2D eigenvalue weighted by Gasteiger charge is 2.21. The van der Waals surface area contributed by atoms with Crippen molar-refractivity contribution >= 4 is 27.3 Å². The fraction of sp³-hybridized carbons (Fsp3) is 0.409. The zero-order valence-corrected chi connectivity index (χ0v) is 18.6. The smallest absolute Gasteiger partial charge is 0.261 e. The number of piperazine rings is 1. The molecule has 0 aliphatic carbocycles. The lowest BCUT2D eigenvalue weighted by molar-refractivity contribution is 0.0939. The Labute approximate surface area is 178 Å². The lowest BCUT2D eigenvalue weighted by Gasteiger charge is -2.31. The van der Waals surface area contributed by atoms with Gasteiger partial charge in [0.25, 0.3) is 15.9 Å². The zero-order valence-electron chi connectivity index (χ0n) is 17.7. The molecule has 7 nitrogen and oxygen atoms in total. The number of hydrogen-bond acceptors (Lipinski definition) is 5. The molecular formula is C22H30N4O3S. The SMILES string of the molecule is CCC(C)NC(=O)c1ccc(N2CCNCC2)c(NS(=O)(=O)c2ccc(C)cc2)c1. The average molecular weight is 431 g/mol. The van der Waals surface area contributed by atoms with Gasteiger partial charge in [-0.25, -0.2) is 8.42 Å². The molecule has 1 aliphatic rings. The number of anilines is 2. The highest BCUT2D eigenvalue weighted by atomic mass is 32.2. The third-order valence-electron chi connectivity index (χ3n) is 5.28. The first-order chi connectivity index (χ1) is 14.3. The lowest BCUT2D eigenvalue weighted by Crippen LogP contribution is -2.43. The molecule has 1 saturated heterocycles. The second-order valence-corrected chi connectivity index (χ2v) is 9.35. The van der Waals surface area contributed by atoms with Crippen LogP contribution in [0.15, 0.2) is 47.4 Å². The number of nitrogens with zero attached hydrogens (tertiary/aromatic N) is 1. The normalized spacial score (nSPS) is 15.5. The van der Waals surface area contributed by atoms with Crippen molar-refractivity contribution in [2.75, 3.05) is 35.8 Å². The van der Waals surface area contributed by atoms with E-state index >= 15 is 0 Å². The highest BCUT2D eigenvalue weighted by Crippen LogP contribution is 2.30. The summed E-state index contributed by atoms with van der Waals surface area (Å²) >= 11 is 0. The van der Waals surface area contributed by atoms with E-state index in [0.717, 1.165) is 43.9 Å². The van der Waals surface area contributed by atoms with Crippen LogP contribution in [0.3, 0.4) is 0 Å². The molecule has 1 amide bonds. The second kappa shape index (κ2) is 9.49. The molecule has 1 atom stereocenters. The number of carbonyl (C=O) groups is 1. The van der Waals surface area contributed by atoms with Gasteiger partial charge in [0, 0.05) is 37.8 Å². The van der Waals surface area contributed by atoms with Crippen LogP contribution in [-0.4, -0.2) is 46.5 Å². The predicted octanol–water partition coefficient (Wildman–Crippen LogP) is 2.73. The number of hydrogen-bond donors (Lipinski definition) is 3. The van der Waals surface area contributed by atoms with E-state index in [9.17, 15) is 13.2 Å². The minimum absolute atomic E-state index is 0.0399. The minimum atomic E-state index is -3.79. The van der Waals surface area contributed by atoms with Gasteiger partial charge in [0.05, 0.1) is 16.3 Å². The van der Waals surface area contributed by atoms with Crippen molar-refractivity contribution in [3.8, 4) is 0 Å². The van der Waals surface area contributed by atoms with Crippen LogP contribution in [-0.2, 0) is 10.0 Å². The molecule has 3 rings (SSSR count). The van der Waals surface area contributed by atoms with Crippen LogP contribution in [0.4, 0.5) is 11.4 Å². The van der Waals surface area contributed by atoms with E-state index in [2.05, 4.69) is 20.3 Å². The topological polar surface area (TPSA) is 90.5 Å². The number of aryl methyl sites for hydroxylation is 1. The molecule has 1 heterocycles. The van der Waals surface area contributed by atoms with Gasteiger partial charge in [-0.15, -0.1) is 0 Å². The standard InChI is InChI=1S/C22H30N4O3S/c1-4-17(3)24-22(27)18-7-10-21(26-13-11-23-12-14-26)20(15-18)25-30(28,29)19-8-5-16(2)6-9-19/h5-10,15,17,23,25H,4,11-14H2,1-3H3,(H,24,27). The molecule has 1 fully saturated rings. The molecule has 1 unspecified atom stereocenters. The summed E-state index contributed by atoms with van der Waals surface area (Å²) in [7, 11) is -3.79. The van der Waals surface area contributed by atoms with Gasteiger partial charge in [-0.05, 0) is 50.6 Å². The summed E-state index contributed by atoms with van der Waals surface area (Å²) in [5, 5.41) is 6.23. The first-order valence-corrected chi connectivity index (χ1v) is 11.8. The van der Waals surface area contributed by atoms with Gasteiger partial charge in [-0.2, -0.15) is 0 Å². The van der Waals surface area contributed by atoms with Gasteiger partial charge in [-0.1, -0.05) is 24.6 Å². The Balaban J connectivity index is 1.96. The maximum Gasteiger partial charge on any atom is 0.261 e. The molecule has 0 saturated carbocycles. The van der Waals surface area contributed by atoms with Gasteiger partial charge >= 0.3 is 0 Å². The van der Waals surface area contributed by atoms with E-state index in [1.165, 1.54) is 0 Å². The zero-order chi connectivity index (χ0) is 21.7. The molecule has 2 aromatic carbocycles. The Hall–Kier alpha value is -2.58. The third kappa shape index (κ3) is 5.31. The van der Waals surface area contributed by atoms with Crippen molar-refractivity contribution < 1.29 is 13.2 Å². The maximum atomic E-state index is 13.0. The summed E-state index contributed by atoms with van der Waals surface area (Å²) in [6.07, 6.45) is 0.817. The van der Waals surface area contributed by atoms with Gasteiger partial charge in [-0.3, -0.25) is 9.52 Å². The summed E-state index contributed by atoms with van der Waals surface area (Å²) in [4.78, 5) is 14.9. The number of benzene rings is 2. The molecule has 3 N–H and O–H groups in total. The first kappa shape index (κ1) is 22.1. The largest absolute Gasteiger partial charge is 0.367 e. The number of rotatable bonds is 7. The van der Waals surface area contributed by atoms with Crippen LogP contribution < -0.4 is 20.3 Å². The van der Waals surface area contributed by atoms with Crippen molar-refractivity contribution in [2.45, 2.75) is 38.1 Å². The van der Waals surface area contributed by atoms with Crippen LogP contribution >= 0.6 is 0 Å². The number of carbonyl (C=O) groups excluding carboxylic acids is 1. The van der Waals surface area contributed by atoms with Gasteiger partial charge < -0.3 is 15.5 Å². The molecule has 0 aromatic heterocycles. The summed E-state index contributed by atoms with van der Waals surface area (Å²) in [6, 6.07) is 11.9. The summed E-state index contributed by atoms with van der Waals surface area (Å²) in [5.74, 6) is -0.216. The fourth-order valence-corrected chi connectivity index (χ4v) is 4.34. The number of sulfonamides is 1. The van der Waals surface area contributed by atoms with Crippen molar-refractivity contribution in [1.29, 1.82) is 0 Å². The average Bonchev–Trinajstić information content (AvgIpc) is 2.74. The van der Waals surface area contributed by atoms with E-state index in [-0.39, 0.29) is 16.8 Å². The lowest BCUT2D eigenvalue weighted by atomic mass is 10.1. The quantitative estimate of drug-likeness (QED) is 0.628. The molecule has 0 bridgehead atoms. The molecule has 0 spiro atoms. The number of amides is 1. The molecule has 162 valence electrons. The van der Waals surface area contributed by atoms with Crippen LogP contribution in [0.2, 0.25) is 0 Å². The first-order valence-electron chi connectivity index (χ1n) is 10.3. The van der Waals surface area contributed by atoms with E-state index < -0.39 is 10.0 Å². The summed E-state index contributed by atoms with van der Waals surface area (Å²) in [6.45, 7) is 9.01.